The number of nitrogens with one attached hydrogen (secondary N) is 2. The van der Waals surface area contributed by atoms with E-state index in [0.717, 1.165) is 18.0 Å². The lowest BCUT2D eigenvalue weighted by Gasteiger charge is -2.33. The van der Waals surface area contributed by atoms with Gasteiger partial charge in [-0.15, -0.1) is 0 Å². The largest absolute Gasteiger partial charge is 0.317 e. The fourth-order valence-corrected chi connectivity index (χ4v) is 2.74. The van der Waals surface area contributed by atoms with E-state index < -0.39 is 0 Å². The zero-order chi connectivity index (χ0) is 10.4. The van der Waals surface area contributed by atoms with E-state index in [4.69, 9.17) is 0 Å². The van der Waals surface area contributed by atoms with Gasteiger partial charge in [-0.1, -0.05) is 13.3 Å². The molecular weight excluding hydrogens is 172 g/mol. The van der Waals surface area contributed by atoms with E-state index in [-0.39, 0.29) is 0 Å². The molecule has 0 aliphatic heterocycles. The van der Waals surface area contributed by atoms with Crippen molar-refractivity contribution in [2.75, 3.05) is 14.1 Å². The van der Waals surface area contributed by atoms with Crippen LogP contribution in [-0.4, -0.2) is 26.2 Å². The van der Waals surface area contributed by atoms with Gasteiger partial charge in [-0.2, -0.15) is 0 Å². The fraction of sp³-hybridized carbons (Fsp3) is 1.00. The first-order chi connectivity index (χ1) is 6.81. The fourth-order valence-electron chi connectivity index (χ4n) is 2.74. The second kappa shape index (κ2) is 6.41. The van der Waals surface area contributed by atoms with E-state index in [0.29, 0.717) is 0 Å². The first kappa shape index (κ1) is 12.0. The molecular formula is C12H26N2. The normalized spacial score (nSPS) is 30.2. The Balaban J connectivity index is 2.31. The summed E-state index contributed by atoms with van der Waals surface area (Å²) in [7, 11) is 4.21. The molecule has 1 saturated carbocycles. The number of rotatable bonds is 5. The lowest BCUT2D eigenvalue weighted by molar-refractivity contribution is 0.237. The second-order valence-electron chi connectivity index (χ2n) is 4.58. The van der Waals surface area contributed by atoms with Gasteiger partial charge in [-0.25, -0.2) is 0 Å². The molecule has 0 saturated heterocycles. The minimum Gasteiger partial charge on any atom is -0.317 e. The predicted molar refractivity (Wildman–Crippen MR) is 62.6 cm³/mol. The minimum absolute atomic E-state index is 0.762. The van der Waals surface area contributed by atoms with E-state index in [1.165, 1.54) is 38.5 Å². The molecule has 0 bridgehead atoms. The molecule has 1 atom stereocenters. The van der Waals surface area contributed by atoms with Gasteiger partial charge in [0.05, 0.1) is 0 Å². The lowest BCUT2D eigenvalue weighted by atomic mass is 9.80. The summed E-state index contributed by atoms with van der Waals surface area (Å²) in [5.41, 5.74) is 0. The molecule has 84 valence electrons. The van der Waals surface area contributed by atoms with Crippen molar-refractivity contribution in [3.05, 3.63) is 0 Å². The zero-order valence-electron chi connectivity index (χ0n) is 9.97. The number of hydrogen-bond acceptors (Lipinski definition) is 2. The molecule has 0 heterocycles. The van der Waals surface area contributed by atoms with Crippen LogP contribution in [0, 0.1) is 5.92 Å². The molecule has 2 N–H and O–H groups in total. The highest BCUT2D eigenvalue weighted by Gasteiger charge is 2.25. The molecule has 1 unspecified atom stereocenters. The summed E-state index contributed by atoms with van der Waals surface area (Å²) in [6.45, 7) is 2.28. The van der Waals surface area contributed by atoms with Crippen molar-refractivity contribution in [3.63, 3.8) is 0 Å². The molecule has 0 amide bonds. The molecule has 1 rings (SSSR count). The van der Waals surface area contributed by atoms with Crippen molar-refractivity contribution in [1.29, 1.82) is 0 Å². The van der Waals surface area contributed by atoms with Gasteiger partial charge in [0.25, 0.3) is 0 Å². The van der Waals surface area contributed by atoms with Gasteiger partial charge in [0.1, 0.15) is 0 Å². The maximum Gasteiger partial charge on any atom is 0.00922 e. The Morgan fingerprint density at radius 3 is 2.21 bits per heavy atom. The molecule has 0 aromatic rings. The smallest absolute Gasteiger partial charge is 0.00922 e. The first-order valence-electron chi connectivity index (χ1n) is 6.16. The second-order valence-corrected chi connectivity index (χ2v) is 4.58. The highest BCUT2D eigenvalue weighted by Crippen LogP contribution is 2.28. The van der Waals surface area contributed by atoms with Crippen molar-refractivity contribution in [2.45, 2.75) is 57.5 Å². The third-order valence-corrected chi connectivity index (χ3v) is 3.72. The molecule has 1 aliphatic rings. The van der Waals surface area contributed by atoms with Crippen molar-refractivity contribution in [1.82, 2.24) is 10.6 Å². The maximum absolute atomic E-state index is 3.49. The molecule has 2 heteroatoms. The van der Waals surface area contributed by atoms with Gasteiger partial charge >= 0.3 is 0 Å². The summed E-state index contributed by atoms with van der Waals surface area (Å²) in [5, 5.41) is 6.88. The van der Waals surface area contributed by atoms with Crippen LogP contribution in [0.4, 0.5) is 0 Å². The molecule has 0 radical (unpaired) electrons. The van der Waals surface area contributed by atoms with Crippen LogP contribution in [0.2, 0.25) is 0 Å². The molecule has 0 aromatic carbocycles. The monoisotopic (exact) mass is 198 g/mol. The van der Waals surface area contributed by atoms with E-state index in [1.807, 2.05) is 0 Å². The van der Waals surface area contributed by atoms with Gasteiger partial charge in [0.2, 0.25) is 0 Å². The maximum atomic E-state index is 3.49. The van der Waals surface area contributed by atoms with Crippen LogP contribution < -0.4 is 10.6 Å². The Kier molecular flexibility index (Phi) is 5.49. The van der Waals surface area contributed by atoms with Gasteiger partial charge in [0.15, 0.2) is 0 Å². The van der Waals surface area contributed by atoms with Crippen LogP contribution in [0.3, 0.4) is 0 Å². The van der Waals surface area contributed by atoms with E-state index in [1.54, 1.807) is 0 Å². The Morgan fingerprint density at radius 1 is 1.14 bits per heavy atom. The molecule has 14 heavy (non-hydrogen) atoms. The zero-order valence-corrected chi connectivity index (χ0v) is 9.97. The third-order valence-electron chi connectivity index (χ3n) is 3.72. The molecule has 0 spiro atoms. The SMILES string of the molecule is CCCC(NC)C1CCC(NC)CC1. The predicted octanol–water partition coefficient (Wildman–Crippen LogP) is 2.15. The molecule has 2 nitrogen and oxygen atoms in total. The van der Waals surface area contributed by atoms with E-state index in [9.17, 15) is 0 Å². The summed E-state index contributed by atoms with van der Waals surface area (Å²) in [6, 6.07) is 1.54. The summed E-state index contributed by atoms with van der Waals surface area (Å²) in [6.07, 6.45) is 8.17. The summed E-state index contributed by atoms with van der Waals surface area (Å²) >= 11 is 0. The third kappa shape index (κ3) is 3.25. The van der Waals surface area contributed by atoms with Gasteiger partial charge in [0, 0.05) is 12.1 Å². The average molecular weight is 198 g/mol. The van der Waals surface area contributed by atoms with Crippen LogP contribution in [0.25, 0.3) is 0 Å². The Bertz CT molecular complexity index is 139. The number of hydrogen-bond donors (Lipinski definition) is 2. The highest BCUT2D eigenvalue weighted by molar-refractivity contribution is 4.82. The minimum atomic E-state index is 0.762. The van der Waals surface area contributed by atoms with Crippen LogP contribution in [0.15, 0.2) is 0 Å². The molecule has 0 aromatic heterocycles. The van der Waals surface area contributed by atoms with Gasteiger partial charge in [-0.05, 0) is 52.1 Å². The van der Waals surface area contributed by atoms with Crippen LogP contribution in [0.5, 0.6) is 0 Å². The lowest BCUT2D eigenvalue weighted by Crippen LogP contribution is -2.39. The van der Waals surface area contributed by atoms with Crippen molar-refractivity contribution in [3.8, 4) is 0 Å². The summed E-state index contributed by atoms with van der Waals surface area (Å²) < 4.78 is 0. The Morgan fingerprint density at radius 2 is 1.79 bits per heavy atom. The van der Waals surface area contributed by atoms with Gasteiger partial charge < -0.3 is 10.6 Å². The quantitative estimate of drug-likeness (QED) is 0.707. The average Bonchev–Trinajstić information content (AvgIpc) is 2.26. The van der Waals surface area contributed by atoms with Crippen molar-refractivity contribution in [2.24, 2.45) is 5.92 Å². The Labute approximate surface area is 88.8 Å². The Hall–Kier alpha value is -0.0800. The summed E-state index contributed by atoms with van der Waals surface area (Å²) in [5.74, 6) is 0.921. The first-order valence-corrected chi connectivity index (χ1v) is 6.16. The van der Waals surface area contributed by atoms with Gasteiger partial charge in [-0.3, -0.25) is 0 Å². The standard InChI is InChI=1S/C12H26N2/c1-4-5-12(14-3)10-6-8-11(13-2)9-7-10/h10-14H,4-9H2,1-3H3. The molecule has 1 aliphatic carbocycles. The van der Waals surface area contributed by atoms with Crippen LogP contribution in [-0.2, 0) is 0 Å². The highest BCUT2D eigenvalue weighted by atomic mass is 14.9. The van der Waals surface area contributed by atoms with Crippen LogP contribution in [0.1, 0.15) is 45.4 Å². The van der Waals surface area contributed by atoms with Crippen molar-refractivity contribution >= 4 is 0 Å². The van der Waals surface area contributed by atoms with Crippen LogP contribution >= 0.6 is 0 Å². The van der Waals surface area contributed by atoms with Crippen molar-refractivity contribution < 1.29 is 0 Å². The van der Waals surface area contributed by atoms with E-state index in [2.05, 4.69) is 31.7 Å². The van der Waals surface area contributed by atoms with E-state index >= 15 is 0 Å². The molecule has 1 fully saturated rings. The summed E-state index contributed by atoms with van der Waals surface area (Å²) in [4.78, 5) is 0. The topological polar surface area (TPSA) is 24.1 Å².